The van der Waals surface area contributed by atoms with Crippen molar-refractivity contribution in [2.24, 2.45) is 10.7 Å². The number of rotatable bonds is 35. The normalized spacial score (nSPS) is 14.6. The molecule has 32 heteroatoms. The molecule has 2 atom stereocenters. The number of aliphatic carboxylic acids is 3. The molecule has 5 rings (SSSR count). The molecule has 0 radical (unpaired) electrons. The number of phenols is 1. The Morgan fingerprint density at radius 1 is 0.604 bits per heavy atom. The highest BCUT2D eigenvalue weighted by atomic mass is 19.1. The number of nitrogens with two attached hydrogens (primary N) is 1. The Morgan fingerprint density at radius 3 is 1.73 bits per heavy atom. The number of aromatic hydroxyl groups is 1. The maximum Gasteiger partial charge on any atom is 0.344 e. The van der Waals surface area contributed by atoms with Crippen molar-refractivity contribution in [2.75, 3.05) is 135 Å². The molecule has 0 aliphatic carbocycles. The number of benzene rings is 3. The van der Waals surface area contributed by atoms with Gasteiger partial charge in [-0.3, -0.25) is 67.6 Å². The second-order valence-corrected chi connectivity index (χ2v) is 21.1. The zero-order valence-electron chi connectivity index (χ0n) is 50.4. The van der Waals surface area contributed by atoms with Crippen LogP contribution in [-0.2, 0) is 44.9 Å². The maximum atomic E-state index is 14.7. The molecule has 0 saturated carbocycles. The number of anilines is 2. The summed E-state index contributed by atoms with van der Waals surface area (Å²) >= 11 is 0. The SMILES string of the molecule is CCC(=O)NCCNC(=O)/N=C(/N)NCCC[C@@H](NC(=O)[C@H](c1ccccc1)c1cccc(OCCCCNc2c(NCCONC(=O)CN3CCN(CC(=O)O)CCN(CC(=O)O)CCN(CC(=O)O)CC3)c(=O)c2=O)c1)C(=O)NCc1c(F)cc(O)cc1F. The van der Waals surface area contributed by atoms with Gasteiger partial charge >= 0.3 is 23.9 Å². The minimum absolute atomic E-state index is 0.0117. The van der Waals surface area contributed by atoms with Crippen molar-refractivity contribution in [3.63, 3.8) is 0 Å². The van der Waals surface area contributed by atoms with E-state index in [2.05, 4.69) is 47.7 Å². The summed E-state index contributed by atoms with van der Waals surface area (Å²) in [5.74, 6) is -9.13. The van der Waals surface area contributed by atoms with Crippen LogP contribution in [-0.4, -0.2) is 224 Å². The Kier molecular flexibility index (Phi) is 30.4. The lowest BCUT2D eigenvalue weighted by atomic mass is 9.90. The van der Waals surface area contributed by atoms with Gasteiger partial charge in [-0.05, 0) is 48.9 Å². The van der Waals surface area contributed by atoms with Gasteiger partial charge in [0.1, 0.15) is 40.6 Å². The lowest BCUT2D eigenvalue weighted by Crippen LogP contribution is -2.49. The third-order valence-electron chi connectivity index (χ3n) is 14.1. The number of carbonyl (C=O) groups is 8. The van der Waals surface area contributed by atoms with E-state index in [0.717, 1.165) is 0 Å². The van der Waals surface area contributed by atoms with Crippen molar-refractivity contribution in [3.05, 3.63) is 116 Å². The molecule has 1 saturated heterocycles. The summed E-state index contributed by atoms with van der Waals surface area (Å²) in [6.07, 6.45) is 1.37. The van der Waals surface area contributed by atoms with Crippen molar-refractivity contribution in [1.29, 1.82) is 0 Å². The highest BCUT2D eigenvalue weighted by Gasteiger charge is 2.30. The summed E-state index contributed by atoms with van der Waals surface area (Å²) in [6.45, 7) is 2.31. The van der Waals surface area contributed by atoms with Gasteiger partial charge in [0.15, 0.2) is 5.96 Å². The van der Waals surface area contributed by atoms with Crippen molar-refractivity contribution >= 4 is 64.9 Å². The number of hydrogen-bond acceptors (Lipinski definition) is 19. The van der Waals surface area contributed by atoms with Crippen LogP contribution in [0.5, 0.6) is 11.5 Å². The topological polar surface area (TPSA) is 418 Å². The summed E-state index contributed by atoms with van der Waals surface area (Å²) < 4.78 is 35.4. The highest BCUT2D eigenvalue weighted by Crippen LogP contribution is 2.29. The van der Waals surface area contributed by atoms with Crippen LogP contribution in [0.4, 0.5) is 25.0 Å². The molecule has 496 valence electrons. The fraction of sp³-hybridized carbons (Fsp3) is 0.475. The Morgan fingerprint density at radius 2 is 1.15 bits per heavy atom. The third-order valence-corrected chi connectivity index (χ3v) is 14.1. The number of unbranched alkanes of at least 4 members (excludes halogenated alkanes) is 1. The molecule has 0 unspecified atom stereocenters. The molecule has 1 fully saturated rings. The summed E-state index contributed by atoms with van der Waals surface area (Å²) in [5, 5.41) is 57.0. The van der Waals surface area contributed by atoms with E-state index in [1.54, 1.807) is 81.1 Å². The Balaban J connectivity index is 1.11. The fourth-order valence-corrected chi connectivity index (χ4v) is 9.45. The Bertz CT molecular complexity index is 3140. The van der Waals surface area contributed by atoms with Crippen molar-refractivity contribution in [2.45, 2.75) is 57.5 Å². The quantitative estimate of drug-likeness (QED) is 0.00893. The number of carbonyl (C=O) groups excluding carboxylic acids is 5. The number of carboxylic acid groups (broad SMARTS) is 3. The van der Waals surface area contributed by atoms with E-state index >= 15 is 0 Å². The molecule has 0 aromatic heterocycles. The van der Waals surface area contributed by atoms with Gasteiger partial charge in [-0.15, -0.1) is 0 Å². The number of ether oxygens (including phenoxy) is 1. The number of guanidine groups is 1. The van der Waals surface area contributed by atoms with Crippen LogP contribution in [0.15, 0.2) is 81.3 Å². The minimum atomic E-state index is -1.28. The Hall–Kier alpha value is -9.37. The molecule has 1 aliphatic heterocycles. The zero-order chi connectivity index (χ0) is 66.2. The summed E-state index contributed by atoms with van der Waals surface area (Å²) in [7, 11) is 0. The molecule has 1 heterocycles. The molecule has 0 bridgehead atoms. The number of phenolic OH excluding ortho intramolecular Hbond substituents is 1. The van der Waals surface area contributed by atoms with Gasteiger partial charge in [0.25, 0.3) is 16.8 Å². The van der Waals surface area contributed by atoms with E-state index in [1.165, 1.54) is 0 Å². The first kappa shape index (κ1) is 72.4. The highest BCUT2D eigenvalue weighted by molar-refractivity contribution is 5.93. The lowest BCUT2D eigenvalue weighted by Gasteiger charge is -2.32. The number of hydrogen-bond donors (Lipinski definition) is 13. The van der Waals surface area contributed by atoms with Crippen LogP contribution in [0.2, 0.25) is 0 Å². The average Bonchev–Trinajstić information content (AvgIpc) is 0.897. The van der Waals surface area contributed by atoms with Crippen LogP contribution >= 0.6 is 0 Å². The van der Waals surface area contributed by atoms with Gasteiger partial charge in [-0.1, -0.05) is 49.4 Å². The van der Waals surface area contributed by atoms with E-state index in [1.807, 2.05) is 0 Å². The molecular formula is C59H80F2N14O16. The van der Waals surface area contributed by atoms with Gasteiger partial charge in [0.05, 0.1) is 45.3 Å². The van der Waals surface area contributed by atoms with Crippen LogP contribution in [0.1, 0.15) is 61.6 Å². The second-order valence-electron chi connectivity index (χ2n) is 21.1. The third kappa shape index (κ3) is 25.9. The first-order valence-electron chi connectivity index (χ1n) is 29.5. The predicted molar refractivity (Wildman–Crippen MR) is 328 cm³/mol. The van der Waals surface area contributed by atoms with Crippen LogP contribution in [0, 0.1) is 11.6 Å². The van der Waals surface area contributed by atoms with Gasteiger partial charge < -0.3 is 68.1 Å². The van der Waals surface area contributed by atoms with Crippen LogP contribution in [0.3, 0.4) is 0 Å². The maximum absolute atomic E-state index is 14.7. The summed E-state index contributed by atoms with van der Waals surface area (Å²) in [6, 6.07) is 14.8. The number of nitrogens with zero attached hydrogens (tertiary/aromatic N) is 5. The van der Waals surface area contributed by atoms with E-state index in [-0.39, 0.29) is 167 Å². The smallest absolute Gasteiger partial charge is 0.344 e. The lowest BCUT2D eigenvalue weighted by molar-refractivity contribution is -0.141. The monoisotopic (exact) mass is 1280 g/mol. The van der Waals surface area contributed by atoms with Crippen molar-refractivity contribution in [1.82, 2.24) is 51.7 Å². The van der Waals surface area contributed by atoms with Crippen LogP contribution in [0.25, 0.3) is 0 Å². The molecule has 91 heavy (non-hydrogen) atoms. The standard InChI is InChI=1S/C59H80F2N14O16/c1-2-46(77)63-17-18-67-59(89)70-58(62)66-16-9-14-45(56(87)68-33-42-43(60)31-40(76)32-44(42)61)69-57(88)51(38-10-4-3-5-11-38)39-12-8-13-41(30-39)90-28-7-6-15-64-52-53(55(86)54(52)85)65-19-29-91-71-47(78)34-72-20-22-73(35-48(79)80)24-26-75(37-50(83)84)27-25-74(23-21-72)36-49(81)82/h3-5,8,10-13,30-32,45,51,64-65,76H,2,6-7,9,14-29,33-37H2,1H3,(H,63,77)(H,68,87)(H,69,88)(H,71,78)(H,79,80)(H,81,82)(H,83,84)(H4,62,66,67,70,89)/t45-,51-/m1/s1. The van der Waals surface area contributed by atoms with Gasteiger partial charge in [0.2, 0.25) is 17.7 Å². The van der Waals surface area contributed by atoms with Crippen molar-refractivity contribution in [3.8, 4) is 11.5 Å². The van der Waals surface area contributed by atoms with E-state index in [9.17, 15) is 77.2 Å². The fourth-order valence-electron chi connectivity index (χ4n) is 9.45. The van der Waals surface area contributed by atoms with Crippen LogP contribution < -0.4 is 64.0 Å². The number of carboxylic acids is 3. The molecule has 4 aromatic rings. The minimum Gasteiger partial charge on any atom is -0.508 e. The summed E-state index contributed by atoms with van der Waals surface area (Å²) in [5.41, 5.74) is 7.38. The van der Waals surface area contributed by atoms with Gasteiger partial charge in [-0.2, -0.15) is 4.99 Å². The first-order valence-corrected chi connectivity index (χ1v) is 29.5. The van der Waals surface area contributed by atoms with E-state index in [4.69, 9.17) is 15.3 Å². The molecule has 4 aromatic carbocycles. The largest absolute Gasteiger partial charge is 0.508 e. The Labute approximate surface area is 522 Å². The molecule has 0 spiro atoms. The zero-order valence-corrected chi connectivity index (χ0v) is 50.4. The van der Waals surface area contributed by atoms with E-state index < -0.39 is 94.0 Å². The molecule has 6 amide bonds. The number of aliphatic imine (C=N–C) groups is 1. The van der Waals surface area contributed by atoms with Crippen molar-refractivity contribution < 1.29 is 77.1 Å². The predicted octanol–water partition coefficient (Wildman–Crippen LogP) is -0.674. The summed E-state index contributed by atoms with van der Waals surface area (Å²) in [4.78, 5) is 140. The number of nitrogens with one attached hydrogen (secondary N) is 8. The average molecular weight is 1280 g/mol. The molecule has 14 N–H and O–H groups in total. The first-order chi connectivity index (χ1) is 43.6. The number of urea groups is 1. The molecule has 1 aliphatic rings. The molecule has 30 nitrogen and oxygen atoms in total. The van der Waals surface area contributed by atoms with Gasteiger partial charge in [-0.25, -0.2) is 19.1 Å². The number of amides is 6. The second kappa shape index (κ2) is 38.2. The van der Waals surface area contributed by atoms with E-state index in [0.29, 0.717) is 41.9 Å². The number of hydroxylamine groups is 1. The van der Waals surface area contributed by atoms with Gasteiger partial charge in [0, 0.05) is 116 Å². The molecular weight excluding hydrogens is 1200 g/mol. The number of halogens is 2.